The molecule has 3 aromatic rings. The van der Waals surface area contributed by atoms with Crippen molar-refractivity contribution >= 4 is 23.3 Å². The summed E-state index contributed by atoms with van der Waals surface area (Å²) in [5.41, 5.74) is 3.17. The van der Waals surface area contributed by atoms with Gasteiger partial charge in [-0.2, -0.15) is 10.5 Å². The molecule has 0 bridgehead atoms. The summed E-state index contributed by atoms with van der Waals surface area (Å²) in [7, 11) is 1.26. The molecule has 0 aromatic heterocycles. The quantitative estimate of drug-likeness (QED) is 0.432. The van der Waals surface area contributed by atoms with Gasteiger partial charge in [0.05, 0.1) is 18.9 Å². The highest BCUT2D eigenvalue weighted by Gasteiger charge is 2.66. The molecule has 3 aromatic carbocycles. The number of nitriles is 2. The molecule has 0 radical (unpaired) electrons. The lowest BCUT2D eigenvalue weighted by Crippen LogP contribution is -2.49. The van der Waals surface area contributed by atoms with Gasteiger partial charge in [-0.05, 0) is 46.5 Å². The molecule has 1 saturated heterocycles. The molecule has 1 aliphatic heterocycles. The summed E-state index contributed by atoms with van der Waals surface area (Å²) in [4.78, 5) is 12.9. The molecule has 7 heteroatoms. The number of fused-ring (bicyclic) bond motifs is 5. The van der Waals surface area contributed by atoms with E-state index in [9.17, 15) is 15.3 Å². The number of nitrogens with zero attached hydrogens (tertiary/aromatic N) is 4. The van der Waals surface area contributed by atoms with Crippen molar-refractivity contribution in [1.29, 1.82) is 10.5 Å². The summed E-state index contributed by atoms with van der Waals surface area (Å²) < 4.78 is 5.05. The first-order chi connectivity index (χ1) is 15.6. The van der Waals surface area contributed by atoms with Crippen LogP contribution in [0, 0.1) is 28.7 Å². The molecule has 2 atom stereocenters. The van der Waals surface area contributed by atoms with Crippen LogP contribution in [0.1, 0.15) is 11.1 Å². The molecular formula is C25H17ClN4O2. The number of methoxy groups -OCH3 is 1. The molecule has 1 spiro atoms. The fraction of sp³-hybridized carbons (Fsp3) is 0.160. The van der Waals surface area contributed by atoms with E-state index < -0.39 is 23.5 Å². The van der Waals surface area contributed by atoms with Gasteiger partial charge in [-0.25, -0.2) is 9.80 Å². The Kier molecular flexibility index (Phi) is 4.55. The second-order valence-corrected chi connectivity index (χ2v) is 8.10. The number of anilines is 1. The topological polar surface area (TPSA) is 80.4 Å². The Bertz CT molecular complexity index is 1260. The van der Waals surface area contributed by atoms with E-state index in [4.69, 9.17) is 16.3 Å². The zero-order valence-corrected chi connectivity index (χ0v) is 17.8. The van der Waals surface area contributed by atoms with Crippen molar-refractivity contribution in [3.63, 3.8) is 0 Å². The predicted molar refractivity (Wildman–Crippen MR) is 119 cm³/mol. The standard InChI is InChI=1S/C25H17ClN4O2/c1-32-24(31)23-22(14-27)25(30(29(23)15-28)17-12-10-16(26)11-13-17)20-8-4-2-6-18(20)19-7-3-5-9-21(19)25/h2-13,22-23H,1H3/t22-,23+/m1/s1. The Balaban J connectivity index is 1.92. The fourth-order valence-electron chi connectivity index (χ4n) is 5.14. The van der Waals surface area contributed by atoms with Crippen molar-refractivity contribution in [3.8, 4) is 23.4 Å². The minimum Gasteiger partial charge on any atom is -0.467 e. The lowest BCUT2D eigenvalue weighted by atomic mass is 9.74. The zero-order valence-electron chi connectivity index (χ0n) is 17.1. The molecule has 0 N–H and O–H groups in total. The van der Waals surface area contributed by atoms with Crippen LogP contribution in [0.25, 0.3) is 11.1 Å². The molecule has 32 heavy (non-hydrogen) atoms. The molecule has 0 unspecified atom stereocenters. The molecule has 1 aliphatic carbocycles. The largest absolute Gasteiger partial charge is 0.467 e. The van der Waals surface area contributed by atoms with Crippen LogP contribution >= 0.6 is 11.6 Å². The van der Waals surface area contributed by atoms with Crippen molar-refractivity contribution in [1.82, 2.24) is 5.01 Å². The van der Waals surface area contributed by atoms with E-state index in [1.54, 1.807) is 29.3 Å². The third kappa shape index (κ3) is 2.42. The zero-order chi connectivity index (χ0) is 22.5. The number of rotatable bonds is 2. The van der Waals surface area contributed by atoms with E-state index >= 15 is 0 Å². The molecular weight excluding hydrogens is 424 g/mol. The molecule has 5 rings (SSSR count). The SMILES string of the molecule is COC(=O)[C@@H]1[C@@H](C#N)C2(c3ccccc3-c3ccccc32)N(c2ccc(Cl)cc2)N1C#N. The van der Waals surface area contributed by atoms with Crippen LogP contribution in [0.5, 0.6) is 0 Å². The second-order valence-electron chi connectivity index (χ2n) is 7.67. The van der Waals surface area contributed by atoms with Crippen LogP contribution in [0.2, 0.25) is 5.02 Å². The lowest BCUT2D eigenvalue weighted by Gasteiger charge is -2.40. The average Bonchev–Trinajstić information content (AvgIpc) is 3.30. The van der Waals surface area contributed by atoms with Gasteiger partial charge in [-0.1, -0.05) is 60.1 Å². The molecule has 2 aliphatic rings. The number of carbonyl (C=O) groups is 1. The van der Waals surface area contributed by atoms with E-state index in [2.05, 4.69) is 12.3 Å². The monoisotopic (exact) mass is 440 g/mol. The fourth-order valence-corrected chi connectivity index (χ4v) is 5.27. The predicted octanol–water partition coefficient (Wildman–Crippen LogP) is 4.46. The number of benzene rings is 3. The third-order valence-corrected chi connectivity index (χ3v) is 6.55. The summed E-state index contributed by atoms with van der Waals surface area (Å²) in [5.74, 6) is -1.56. The second kappa shape index (κ2) is 7.30. The maximum atomic E-state index is 12.9. The van der Waals surface area contributed by atoms with E-state index in [0.717, 1.165) is 22.3 Å². The number of hydrogen-bond acceptors (Lipinski definition) is 6. The van der Waals surface area contributed by atoms with Crippen LogP contribution < -0.4 is 5.01 Å². The van der Waals surface area contributed by atoms with Crippen molar-refractivity contribution in [2.75, 3.05) is 12.1 Å². The normalized spacial score (nSPS) is 19.8. The van der Waals surface area contributed by atoms with Gasteiger partial charge in [-0.15, -0.1) is 0 Å². The average molecular weight is 441 g/mol. The van der Waals surface area contributed by atoms with E-state index in [1.165, 1.54) is 12.1 Å². The maximum Gasteiger partial charge on any atom is 0.333 e. The van der Waals surface area contributed by atoms with E-state index in [0.29, 0.717) is 10.7 Å². The highest BCUT2D eigenvalue weighted by Crippen LogP contribution is 2.60. The van der Waals surface area contributed by atoms with Crippen LogP contribution in [0.15, 0.2) is 72.8 Å². The van der Waals surface area contributed by atoms with Gasteiger partial charge in [0.1, 0.15) is 11.5 Å². The molecule has 6 nitrogen and oxygen atoms in total. The van der Waals surface area contributed by atoms with Gasteiger partial charge in [0.25, 0.3) is 0 Å². The van der Waals surface area contributed by atoms with Gasteiger partial charge in [0, 0.05) is 5.02 Å². The number of halogens is 1. The van der Waals surface area contributed by atoms with Gasteiger partial charge in [-0.3, -0.25) is 5.01 Å². The highest BCUT2D eigenvalue weighted by atomic mass is 35.5. The highest BCUT2D eigenvalue weighted by molar-refractivity contribution is 6.30. The Morgan fingerprint density at radius 3 is 2.03 bits per heavy atom. The third-order valence-electron chi connectivity index (χ3n) is 6.30. The van der Waals surface area contributed by atoms with Gasteiger partial charge in [0.15, 0.2) is 6.04 Å². The van der Waals surface area contributed by atoms with Crippen LogP contribution in [-0.2, 0) is 15.1 Å². The Morgan fingerprint density at radius 1 is 0.969 bits per heavy atom. The van der Waals surface area contributed by atoms with Gasteiger partial charge >= 0.3 is 5.97 Å². The molecule has 0 saturated carbocycles. The molecule has 1 fully saturated rings. The number of hydrazine groups is 1. The van der Waals surface area contributed by atoms with E-state index in [1.807, 2.05) is 48.5 Å². The molecule has 156 valence electrons. The summed E-state index contributed by atoms with van der Waals surface area (Å²) in [6.45, 7) is 0. The van der Waals surface area contributed by atoms with E-state index in [-0.39, 0.29) is 0 Å². The van der Waals surface area contributed by atoms with Crippen LogP contribution in [0.3, 0.4) is 0 Å². The summed E-state index contributed by atoms with van der Waals surface area (Å²) in [5, 5.41) is 24.2. The summed E-state index contributed by atoms with van der Waals surface area (Å²) in [6, 6.07) is 23.9. The van der Waals surface area contributed by atoms with Gasteiger partial charge < -0.3 is 4.74 Å². The smallest absolute Gasteiger partial charge is 0.333 e. The first-order valence-electron chi connectivity index (χ1n) is 10.0. The number of carbonyl (C=O) groups excluding carboxylic acids is 1. The number of ether oxygens (including phenoxy) is 1. The lowest BCUT2D eigenvalue weighted by molar-refractivity contribution is -0.145. The van der Waals surface area contributed by atoms with Crippen molar-refractivity contribution in [2.45, 2.75) is 11.6 Å². The minimum atomic E-state index is -1.12. The number of esters is 1. The van der Waals surface area contributed by atoms with Crippen LogP contribution in [-0.4, -0.2) is 24.1 Å². The summed E-state index contributed by atoms with van der Waals surface area (Å²) in [6.07, 6.45) is 2.14. The Hall–Kier alpha value is -4.00. The number of hydrogen-bond donors (Lipinski definition) is 0. The molecule has 1 heterocycles. The maximum absolute atomic E-state index is 12.9. The Labute approximate surface area is 190 Å². The van der Waals surface area contributed by atoms with Crippen molar-refractivity contribution < 1.29 is 9.53 Å². The minimum absolute atomic E-state index is 0.541. The molecule has 0 amide bonds. The first kappa shape index (κ1) is 19.9. The van der Waals surface area contributed by atoms with Gasteiger partial charge in [0.2, 0.25) is 6.19 Å². The van der Waals surface area contributed by atoms with Crippen molar-refractivity contribution in [2.24, 2.45) is 5.92 Å². The Morgan fingerprint density at radius 2 is 1.53 bits per heavy atom. The van der Waals surface area contributed by atoms with Crippen LogP contribution in [0.4, 0.5) is 5.69 Å². The van der Waals surface area contributed by atoms with Crippen molar-refractivity contribution in [3.05, 3.63) is 88.9 Å². The first-order valence-corrected chi connectivity index (χ1v) is 10.4. The summed E-state index contributed by atoms with van der Waals surface area (Å²) >= 11 is 6.14.